The zero-order valence-corrected chi connectivity index (χ0v) is 15.0. The van der Waals surface area contributed by atoms with Gasteiger partial charge in [-0.3, -0.25) is 9.88 Å². The summed E-state index contributed by atoms with van der Waals surface area (Å²) in [7, 11) is 0. The highest BCUT2D eigenvalue weighted by Gasteiger charge is 2.21. The number of aromatic nitrogens is 1. The smallest absolute Gasteiger partial charge is 0.315 e. The molecule has 0 saturated heterocycles. The summed E-state index contributed by atoms with van der Waals surface area (Å²) in [5.74, 6) is 0. The van der Waals surface area contributed by atoms with Crippen molar-refractivity contribution in [1.82, 2.24) is 20.5 Å². The second-order valence-corrected chi connectivity index (χ2v) is 7.27. The molecule has 0 aromatic carbocycles. The van der Waals surface area contributed by atoms with Gasteiger partial charge in [-0.05, 0) is 49.4 Å². The molecule has 3 heterocycles. The number of urea groups is 1. The van der Waals surface area contributed by atoms with Crippen molar-refractivity contribution < 1.29 is 4.79 Å². The largest absolute Gasteiger partial charge is 0.337 e. The number of carbonyl (C=O) groups excluding carboxylic acids is 1. The number of hydrogen-bond acceptors (Lipinski definition) is 4. The van der Waals surface area contributed by atoms with Gasteiger partial charge in [0.25, 0.3) is 0 Å². The van der Waals surface area contributed by atoms with Crippen LogP contribution in [0.2, 0.25) is 0 Å². The van der Waals surface area contributed by atoms with E-state index in [2.05, 4.69) is 38.9 Å². The number of fused-ring (bicyclic) bond motifs is 1. The van der Waals surface area contributed by atoms with Gasteiger partial charge in [0.05, 0.1) is 11.7 Å². The van der Waals surface area contributed by atoms with Crippen LogP contribution in [-0.2, 0) is 13.0 Å². The van der Waals surface area contributed by atoms with Crippen LogP contribution in [0.3, 0.4) is 0 Å². The Bertz CT molecular complexity index is 673. The van der Waals surface area contributed by atoms with Crippen LogP contribution in [0.4, 0.5) is 4.79 Å². The number of nitrogens with zero attached hydrogens (tertiary/aromatic N) is 2. The van der Waals surface area contributed by atoms with E-state index in [4.69, 9.17) is 0 Å². The van der Waals surface area contributed by atoms with Gasteiger partial charge < -0.3 is 10.6 Å². The molecule has 0 fully saturated rings. The Hall–Kier alpha value is -1.92. The van der Waals surface area contributed by atoms with Gasteiger partial charge in [0, 0.05) is 36.8 Å². The van der Waals surface area contributed by atoms with Crippen LogP contribution in [0.15, 0.2) is 35.8 Å². The van der Waals surface area contributed by atoms with Crippen LogP contribution in [0, 0.1) is 0 Å². The van der Waals surface area contributed by atoms with Crippen LogP contribution in [-0.4, -0.2) is 35.0 Å². The SMILES string of the molecule is C[C@H](CNC(=O)N[C@H](C)c1ccccn1)N1CCc2sccc2C1. The fourth-order valence-corrected chi connectivity index (χ4v) is 3.86. The highest BCUT2D eigenvalue weighted by molar-refractivity contribution is 7.10. The molecule has 2 amide bonds. The van der Waals surface area contributed by atoms with Crippen LogP contribution >= 0.6 is 11.3 Å². The van der Waals surface area contributed by atoms with Gasteiger partial charge in [-0.25, -0.2) is 4.79 Å². The highest BCUT2D eigenvalue weighted by atomic mass is 32.1. The van der Waals surface area contributed by atoms with Crippen LogP contribution in [0.25, 0.3) is 0 Å². The molecule has 128 valence electrons. The molecule has 24 heavy (non-hydrogen) atoms. The number of rotatable bonds is 5. The highest BCUT2D eigenvalue weighted by Crippen LogP contribution is 2.24. The molecule has 2 aromatic heterocycles. The first-order chi connectivity index (χ1) is 11.6. The molecule has 0 radical (unpaired) electrons. The van der Waals surface area contributed by atoms with Crippen LogP contribution in [0.5, 0.6) is 0 Å². The van der Waals surface area contributed by atoms with E-state index < -0.39 is 0 Å². The molecule has 0 aliphatic carbocycles. The molecular weight excluding hydrogens is 320 g/mol. The first-order valence-electron chi connectivity index (χ1n) is 8.38. The number of pyridine rings is 1. The van der Waals surface area contributed by atoms with Crippen molar-refractivity contribution in [2.45, 2.75) is 38.9 Å². The fraction of sp³-hybridized carbons (Fsp3) is 0.444. The summed E-state index contributed by atoms with van der Waals surface area (Å²) in [4.78, 5) is 20.3. The van der Waals surface area contributed by atoms with Crippen molar-refractivity contribution in [2.24, 2.45) is 0 Å². The normalized spacial score (nSPS) is 16.9. The van der Waals surface area contributed by atoms with Crippen molar-refractivity contribution in [1.29, 1.82) is 0 Å². The molecule has 2 N–H and O–H groups in total. The van der Waals surface area contributed by atoms with Crippen molar-refractivity contribution in [3.63, 3.8) is 0 Å². The third kappa shape index (κ3) is 4.13. The van der Waals surface area contributed by atoms with Gasteiger partial charge in [0.2, 0.25) is 0 Å². The average Bonchev–Trinajstić information content (AvgIpc) is 3.08. The predicted octanol–water partition coefficient (Wildman–Crippen LogP) is 2.95. The molecule has 0 saturated carbocycles. The lowest BCUT2D eigenvalue weighted by molar-refractivity contribution is 0.185. The number of amides is 2. The van der Waals surface area contributed by atoms with E-state index in [9.17, 15) is 4.79 Å². The van der Waals surface area contributed by atoms with Gasteiger partial charge in [0.15, 0.2) is 0 Å². The van der Waals surface area contributed by atoms with Gasteiger partial charge in [-0.2, -0.15) is 0 Å². The predicted molar refractivity (Wildman–Crippen MR) is 97.1 cm³/mol. The molecular formula is C18H24N4OS. The standard InChI is InChI=1S/C18H24N4OS/c1-13(22-9-6-17-15(12-22)7-10-24-17)11-20-18(23)21-14(2)16-5-3-4-8-19-16/h3-5,7-8,10,13-14H,6,9,11-12H2,1-2H3,(H2,20,21,23)/t13-,14-/m1/s1. The lowest BCUT2D eigenvalue weighted by atomic mass is 10.1. The summed E-state index contributed by atoms with van der Waals surface area (Å²) in [5, 5.41) is 8.09. The molecule has 3 rings (SSSR count). The zero-order chi connectivity index (χ0) is 16.9. The summed E-state index contributed by atoms with van der Waals surface area (Å²) < 4.78 is 0. The Balaban J connectivity index is 1.44. The topological polar surface area (TPSA) is 57.3 Å². The average molecular weight is 344 g/mol. The molecule has 1 aliphatic rings. The lowest BCUT2D eigenvalue weighted by Gasteiger charge is -2.32. The maximum atomic E-state index is 12.1. The third-order valence-corrected chi connectivity index (χ3v) is 5.52. The maximum Gasteiger partial charge on any atom is 0.315 e. The van der Waals surface area contributed by atoms with Gasteiger partial charge in [-0.1, -0.05) is 6.07 Å². The Kier molecular flexibility index (Phi) is 5.48. The zero-order valence-electron chi connectivity index (χ0n) is 14.2. The number of thiophene rings is 1. The Labute approximate surface area is 147 Å². The number of hydrogen-bond donors (Lipinski definition) is 2. The second-order valence-electron chi connectivity index (χ2n) is 6.27. The minimum absolute atomic E-state index is 0.107. The lowest BCUT2D eigenvalue weighted by Crippen LogP contribution is -2.46. The molecule has 0 spiro atoms. The molecule has 2 aromatic rings. The van der Waals surface area contributed by atoms with Crippen LogP contribution < -0.4 is 10.6 Å². The summed E-state index contributed by atoms with van der Waals surface area (Å²) in [6.45, 7) is 6.78. The molecule has 1 aliphatic heterocycles. The van der Waals surface area contributed by atoms with Gasteiger partial charge >= 0.3 is 6.03 Å². The second kappa shape index (κ2) is 7.77. The first kappa shape index (κ1) is 16.9. The number of nitrogens with one attached hydrogen (secondary N) is 2. The van der Waals surface area contributed by atoms with E-state index in [-0.39, 0.29) is 12.1 Å². The van der Waals surface area contributed by atoms with Crippen molar-refractivity contribution in [2.75, 3.05) is 13.1 Å². The third-order valence-electron chi connectivity index (χ3n) is 4.50. The van der Waals surface area contributed by atoms with E-state index in [1.807, 2.05) is 36.5 Å². The fourth-order valence-electron chi connectivity index (χ4n) is 2.97. The van der Waals surface area contributed by atoms with Gasteiger partial charge in [-0.15, -0.1) is 11.3 Å². The summed E-state index contributed by atoms with van der Waals surface area (Å²) in [6, 6.07) is 7.99. The molecule has 0 unspecified atom stereocenters. The quantitative estimate of drug-likeness (QED) is 0.877. The van der Waals surface area contributed by atoms with E-state index in [1.165, 1.54) is 10.4 Å². The van der Waals surface area contributed by atoms with E-state index in [0.717, 1.165) is 25.2 Å². The van der Waals surface area contributed by atoms with E-state index in [1.54, 1.807) is 6.20 Å². The summed E-state index contributed by atoms with van der Waals surface area (Å²) in [5.41, 5.74) is 2.30. The van der Waals surface area contributed by atoms with Crippen molar-refractivity contribution in [3.05, 3.63) is 52.0 Å². The van der Waals surface area contributed by atoms with Crippen LogP contribution in [0.1, 0.15) is 36.0 Å². The molecule has 6 heteroatoms. The minimum atomic E-state index is -0.145. The van der Waals surface area contributed by atoms with E-state index in [0.29, 0.717) is 12.6 Å². The number of carbonyl (C=O) groups is 1. The van der Waals surface area contributed by atoms with Crippen molar-refractivity contribution in [3.8, 4) is 0 Å². The first-order valence-corrected chi connectivity index (χ1v) is 9.26. The molecule has 0 bridgehead atoms. The Morgan fingerprint density at radius 2 is 2.25 bits per heavy atom. The minimum Gasteiger partial charge on any atom is -0.337 e. The van der Waals surface area contributed by atoms with E-state index >= 15 is 0 Å². The van der Waals surface area contributed by atoms with Gasteiger partial charge in [0.1, 0.15) is 0 Å². The van der Waals surface area contributed by atoms with Crippen molar-refractivity contribution >= 4 is 17.4 Å². The Morgan fingerprint density at radius 1 is 1.38 bits per heavy atom. The summed E-state index contributed by atoms with van der Waals surface area (Å²) in [6.07, 6.45) is 2.85. The molecule has 2 atom stereocenters. The summed E-state index contributed by atoms with van der Waals surface area (Å²) >= 11 is 1.85. The monoisotopic (exact) mass is 344 g/mol. The Morgan fingerprint density at radius 3 is 3.04 bits per heavy atom. The maximum absolute atomic E-state index is 12.1. The molecule has 5 nitrogen and oxygen atoms in total.